The molecule has 0 spiro atoms. The maximum atomic E-state index is 10.7. The van der Waals surface area contributed by atoms with Gasteiger partial charge in [-0.1, -0.05) is 34.6 Å². The van der Waals surface area contributed by atoms with Crippen LogP contribution in [-0.2, 0) is 4.79 Å². The van der Waals surface area contributed by atoms with Gasteiger partial charge in [0.2, 0.25) is 0 Å². The van der Waals surface area contributed by atoms with E-state index in [1.165, 1.54) is 0 Å². The fourth-order valence-corrected chi connectivity index (χ4v) is 0.601. The van der Waals surface area contributed by atoms with Crippen molar-refractivity contribution in [1.82, 2.24) is 0 Å². The van der Waals surface area contributed by atoms with E-state index < -0.39 is 0 Å². The zero-order valence-corrected chi connectivity index (χ0v) is 8.25. The normalized spacial score (nSPS) is 9.80. The number of carbonyl (C=O) groups excluding carboxylic acids is 1. The summed E-state index contributed by atoms with van der Waals surface area (Å²) in [4.78, 5) is 10.7. The third kappa shape index (κ3) is 6.09. The highest BCUT2D eigenvalue weighted by Crippen LogP contribution is 2.14. The first-order valence-corrected chi connectivity index (χ1v) is 4.11. The molecule has 62 valence electrons. The number of alkyl halides is 1. The van der Waals surface area contributed by atoms with E-state index in [-0.39, 0.29) is 17.1 Å². The van der Waals surface area contributed by atoms with Crippen LogP contribution in [0.15, 0.2) is 0 Å². The van der Waals surface area contributed by atoms with Gasteiger partial charge in [-0.25, -0.2) is 0 Å². The van der Waals surface area contributed by atoms with Gasteiger partial charge < -0.3 is 0 Å². The molecule has 0 saturated heterocycles. The molecule has 0 aliphatic heterocycles. The standard InChI is InChI=1S/C6H11ClO.C2H6/c1-6(2,3)5(8)4-7;1-2/h4H2,1-3H3;1-2H3. The monoisotopic (exact) mass is 164 g/mol. The summed E-state index contributed by atoms with van der Waals surface area (Å²) in [5.41, 5.74) is -0.262. The topological polar surface area (TPSA) is 17.1 Å². The highest BCUT2D eigenvalue weighted by atomic mass is 35.5. The van der Waals surface area contributed by atoms with Crippen molar-refractivity contribution >= 4 is 17.4 Å². The van der Waals surface area contributed by atoms with Crippen molar-refractivity contribution in [2.45, 2.75) is 34.6 Å². The summed E-state index contributed by atoms with van der Waals surface area (Å²) >= 11 is 5.29. The van der Waals surface area contributed by atoms with E-state index in [0.29, 0.717) is 0 Å². The Labute approximate surface area is 68.8 Å². The van der Waals surface area contributed by atoms with Crippen molar-refractivity contribution in [3.63, 3.8) is 0 Å². The van der Waals surface area contributed by atoms with Crippen LogP contribution in [0.5, 0.6) is 0 Å². The molecule has 0 aromatic carbocycles. The lowest BCUT2D eigenvalue weighted by Gasteiger charge is -2.13. The summed E-state index contributed by atoms with van der Waals surface area (Å²) in [6.45, 7) is 9.58. The molecule has 10 heavy (non-hydrogen) atoms. The Morgan fingerprint density at radius 1 is 1.30 bits per heavy atom. The smallest absolute Gasteiger partial charge is 0.152 e. The molecule has 0 unspecified atom stereocenters. The van der Waals surface area contributed by atoms with E-state index in [1.54, 1.807) is 0 Å². The second-order valence-electron chi connectivity index (χ2n) is 2.81. The maximum Gasteiger partial charge on any atom is 0.152 e. The van der Waals surface area contributed by atoms with E-state index in [1.807, 2.05) is 34.6 Å². The molecule has 0 aliphatic rings. The minimum absolute atomic E-state index is 0.0965. The summed E-state index contributed by atoms with van der Waals surface area (Å²) < 4.78 is 0. The van der Waals surface area contributed by atoms with Crippen molar-refractivity contribution < 1.29 is 4.79 Å². The predicted molar refractivity (Wildman–Crippen MR) is 46.5 cm³/mol. The molecule has 0 atom stereocenters. The fraction of sp³-hybridized carbons (Fsp3) is 0.875. The molecular weight excluding hydrogens is 148 g/mol. The lowest BCUT2D eigenvalue weighted by molar-refractivity contribution is -0.123. The Morgan fingerprint density at radius 3 is 1.60 bits per heavy atom. The minimum Gasteiger partial charge on any atom is -0.298 e. The highest BCUT2D eigenvalue weighted by Gasteiger charge is 2.18. The number of carbonyl (C=O) groups is 1. The molecule has 0 saturated carbocycles. The number of rotatable bonds is 1. The molecule has 0 aromatic rings. The van der Waals surface area contributed by atoms with E-state index in [2.05, 4.69) is 0 Å². The second kappa shape index (κ2) is 5.72. The number of hydrogen-bond donors (Lipinski definition) is 0. The highest BCUT2D eigenvalue weighted by molar-refractivity contribution is 6.28. The molecule has 0 amide bonds. The van der Waals surface area contributed by atoms with Crippen molar-refractivity contribution in [2.24, 2.45) is 5.41 Å². The van der Waals surface area contributed by atoms with Gasteiger partial charge in [0.25, 0.3) is 0 Å². The summed E-state index contributed by atoms with van der Waals surface area (Å²) in [5.74, 6) is 0.225. The first kappa shape index (κ1) is 12.6. The minimum atomic E-state index is -0.262. The molecule has 0 N–H and O–H groups in total. The number of Topliss-reactive ketones (excluding diaryl/α,β-unsaturated/α-hetero) is 1. The van der Waals surface area contributed by atoms with Gasteiger partial charge in [-0.15, -0.1) is 11.6 Å². The van der Waals surface area contributed by atoms with Gasteiger partial charge in [0.05, 0.1) is 5.88 Å². The molecule has 0 bridgehead atoms. The van der Waals surface area contributed by atoms with Crippen molar-refractivity contribution in [2.75, 3.05) is 5.88 Å². The molecule has 0 rings (SSSR count). The zero-order chi connectivity index (χ0) is 8.78. The Hall–Kier alpha value is -0.0400. The van der Waals surface area contributed by atoms with Gasteiger partial charge in [0, 0.05) is 5.41 Å². The lowest BCUT2D eigenvalue weighted by Crippen LogP contribution is -2.20. The van der Waals surface area contributed by atoms with Crippen LogP contribution in [0.2, 0.25) is 0 Å². The van der Waals surface area contributed by atoms with Gasteiger partial charge in [-0.3, -0.25) is 4.79 Å². The molecule has 2 heteroatoms. The van der Waals surface area contributed by atoms with Gasteiger partial charge in [0.1, 0.15) is 0 Å². The van der Waals surface area contributed by atoms with E-state index in [9.17, 15) is 4.79 Å². The van der Waals surface area contributed by atoms with Gasteiger partial charge in [-0.05, 0) is 0 Å². The Morgan fingerprint density at radius 2 is 1.60 bits per heavy atom. The van der Waals surface area contributed by atoms with Crippen LogP contribution in [0.3, 0.4) is 0 Å². The molecule has 0 heterocycles. The summed E-state index contributed by atoms with van der Waals surface area (Å²) in [7, 11) is 0. The lowest BCUT2D eigenvalue weighted by atomic mass is 9.92. The molecule has 0 aromatic heterocycles. The van der Waals surface area contributed by atoms with Crippen molar-refractivity contribution in [1.29, 1.82) is 0 Å². The van der Waals surface area contributed by atoms with E-state index in [0.717, 1.165) is 0 Å². The van der Waals surface area contributed by atoms with Gasteiger partial charge in [-0.2, -0.15) is 0 Å². The van der Waals surface area contributed by atoms with Crippen LogP contribution < -0.4 is 0 Å². The van der Waals surface area contributed by atoms with Gasteiger partial charge in [0.15, 0.2) is 5.78 Å². The average Bonchev–Trinajstić information content (AvgIpc) is 1.89. The third-order valence-electron chi connectivity index (χ3n) is 0.958. The summed E-state index contributed by atoms with van der Waals surface area (Å²) in [6, 6.07) is 0. The summed E-state index contributed by atoms with van der Waals surface area (Å²) in [5, 5.41) is 0. The van der Waals surface area contributed by atoms with Gasteiger partial charge >= 0.3 is 0 Å². The molecule has 0 aliphatic carbocycles. The second-order valence-corrected chi connectivity index (χ2v) is 3.07. The Balaban J connectivity index is 0. The quantitative estimate of drug-likeness (QED) is 0.545. The fourth-order valence-electron chi connectivity index (χ4n) is 0.200. The average molecular weight is 165 g/mol. The van der Waals surface area contributed by atoms with Crippen LogP contribution in [0.1, 0.15) is 34.6 Å². The van der Waals surface area contributed by atoms with Crippen LogP contribution in [0.4, 0.5) is 0 Å². The first-order valence-electron chi connectivity index (χ1n) is 3.57. The van der Waals surface area contributed by atoms with Crippen LogP contribution in [0.25, 0.3) is 0 Å². The number of hydrogen-bond acceptors (Lipinski definition) is 1. The van der Waals surface area contributed by atoms with E-state index >= 15 is 0 Å². The molecular formula is C8H17ClO. The van der Waals surface area contributed by atoms with Crippen LogP contribution in [0, 0.1) is 5.41 Å². The van der Waals surface area contributed by atoms with Crippen molar-refractivity contribution in [3.05, 3.63) is 0 Å². The molecule has 1 nitrogen and oxygen atoms in total. The van der Waals surface area contributed by atoms with Crippen molar-refractivity contribution in [3.8, 4) is 0 Å². The van der Waals surface area contributed by atoms with E-state index in [4.69, 9.17) is 11.6 Å². The molecule has 0 fully saturated rings. The third-order valence-corrected chi connectivity index (χ3v) is 1.20. The Bertz CT molecular complexity index is 91.9. The summed E-state index contributed by atoms with van der Waals surface area (Å²) in [6.07, 6.45) is 0. The number of halogens is 1. The van der Waals surface area contributed by atoms with Crippen LogP contribution >= 0.6 is 11.6 Å². The predicted octanol–water partition coefficient (Wildman–Crippen LogP) is 2.87. The first-order chi connectivity index (χ1) is 4.48. The Kier molecular flexibility index (Phi) is 7.22. The maximum absolute atomic E-state index is 10.7. The number of ketones is 1. The largest absolute Gasteiger partial charge is 0.298 e. The van der Waals surface area contributed by atoms with Crippen LogP contribution in [-0.4, -0.2) is 11.7 Å². The zero-order valence-electron chi connectivity index (χ0n) is 7.49. The molecule has 0 radical (unpaired) electrons. The SMILES string of the molecule is CC.CC(C)(C)C(=O)CCl.